The molecule has 0 bridgehead atoms. The molecule has 5 atom stereocenters. The van der Waals surface area contributed by atoms with Crippen molar-refractivity contribution in [3.8, 4) is 0 Å². The Morgan fingerprint density at radius 1 is 1.28 bits per heavy atom. The summed E-state index contributed by atoms with van der Waals surface area (Å²) in [6.07, 6.45) is -0.704. The van der Waals surface area contributed by atoms with E-state index in [4.69, 9.17) is 18.9 Å². The SMILES string of the molecule is COC(=O)[C@@]12CO[C@@H](C(C)(C)C)N1C(=O)[C@@H]1CC(OCc3ccccc3)O[C@@]12C. The van der Waals surface area contributed by atoms with Crippen LogP contribution in [0.3, 0.4) is 0 Å². The molecule has 1 aromatic carbocycles. The second kappa shape index (κ2) is 6.79. The van der Waals surface area contributed by atoms with Crippen molar-refractivity contribution in [1.82, 2.24) is 4.90 Å². The van der Waals surface area contributed by atoms with E-state index in [1.54, 1.807) is 4.90 Å². The fourth-order valence-electron chi connectivity index (χ4n) is 4.97. The average molecular weight is 403 g/mol. The highest BCUT2D eigenvalue weighted by atomic mass is 16.7. The Kier molecular flexibility index (Phi) is 4.76. The van der Waals surface area contributed by atoms with Crippen LogP contribution in [0.5, 0.6) is 0 Å². The van der Waals surface area contributed by atoms with Crippen LogP contribution in [0.1, 0.15) is 39.7 Å². The van der Waals surface area contributed by atoms with Gasteiger partial charge in [-0.15, -0.1) is 0 Å². The Labute approximate surface area is 171 Å². The predicted octanol–water partition coefficient (Wildman–Crippen LogP) is 2.48. The first-order valence-corrected chi connectivity index (χ1v) is 10.0. The Morgan fingerprint density at radius 2 is 1.97 bits per heavy atom. The number of nitrogens with zero attached hydrogens (tertiary/aromatic N) is 1. The van der Waals surface area contributed by atoms with E-state index in [1.165, 1.54) is 7.11 Å². The summed E-state index contributed by atoms with van der Waals surface area (Å²) in [6, 6.07) is 9.78. The van der Waals surface area contributed by atoms with Gasteiger partial charge in [-0.25, -0.2) is 4.79 Å². The van der Waals surface area contributed by atoms with Gasteiger partial charge >= 0.3 is 5.97 Å². The van der Waals surface area contributed by atoms with Crippen LogP contribution in [0.25, 0.3) is 0 Å². The molecule has 3 heterocycles. The number of carbonyl (C=O) groups excluding carboxylic acids is 2. The van der Waals surface area contributed by atoms with E-state index in [0.29, 0.717) is 13.0 Å². The van der Waals surface area contributed by atoms with Gasteiger partial charge in [-0.3, -0.25) is 9.69 Å². The zero-order valence-electron chi connectivity index (χ0n) is 17.6. The zero-order chi connectivity index (χ0) is 21.0. The average Bonchev–Trinajstić information content (AvgIpc) is 3.30. The summed E-state index contributed by atoms with van der Waals surface area (Å²) in [6.45, 7) is 8.20. The van der Waals surface area contributed by atoms with Crippen molar-refractivity contribution >= 4 is 11.9 Å². The van der Waals surface area contributed by atoms with Gasteiger partial charge in [-0.2, -0.15) is 0 Å². The highest BCUT2D eigenvalue weighted by Gasteiger charge is 2.79. The summed E-state index contributed by atoms with van der Waals surface area (Å²) in [5, 5.41) is 0. The lowest BCUT2D eigenvalue weighted by molar-refractivity contribution is -0.207. The quantitative estimate of drug-likeness (QED) is 0.719. The van der Waals surface area contributed by atoms with Crippen molar-refractivity contribution in [2.45, 2.75) is 64.4 Å². The number of amides is 1. The van der Waals surface area contributed by atoms with Crippen molar-refractivity contribution in [2.24, 2.45) is 11.3 Å². The first-order valence-electron chi connectivity index (χ1n) is 10.0. The molecule has 0 aliphatic carbocycles. The molecular formula is C22H29NO6. The number of carbonyl (C=O) groups is 2. The number of hydrogen-bond donors (Lipinski definition) is 0. The van der Waals surface area contributed by atoms with Gasteiger partial charge < -0.3 is 18.9 Å². The molecule has 3 aliphatic heterocycles. The van der Waals surface area contributed by atoms with Gasteiger partial charge in [-0.05, 0) is 12.5 Å². The van der Waals surface area contributed by atoms with Gasteiger partial charge in [0.2, 0.25) is 5.91 Å². The summed E-state index contributed by atoms with van der Waals surface area (Å²) in [5.41, 5.74) is -1.74. The van der Waals surface area contributed by atoms with Crippen molar-refractivity contribution in [2.75, 3.05) is 13.7 Å². The lowest BCUT2D eigenvalue weighted by atomic mass is 9.77. The second-order valence-electron chi connectivity index (χ2n) is 9.33. The van der Waals surface area contributed by atoms with Crippen LogP contribution >= 0.6 is 0 Å². The number of ether oxygens (including phenoxy) is 4. The number of methoxy groups -OCH3 is 1. The maximum Gasteiger partial charge on any atom is 0.337 e. The maximum atomic E-state index is 13.5. The monoisotopic (exact) mass is 403 g/mol. The zero-order valence-corrected chi connectivity index (χ0v) is 17.6. The molecule has 0 saturated carbocycles. The van der Waals surface area contributed by atoms with Crippen LogP contribution in [-0.2, 0) is 35.1 Å². The second-order valence-corrected chi connectivity index (χ2v) is 9.33. The third kappa shape index (κ3) is 2.82. The molecule has 3 fully saturated rings. The molecule has 158 valence electrons. The van der Waals surface area contributed by atoms with E-state index in [-0.39, 0.29) is 17.9 Å². The Morgan fingerprint density at radius 3 is 2.59 bits per heavy atom. The highest BCUT2D eigenvalue weighted by Crippen LogP contribution is 2.58. The van der Waals surface area contributed by atoms with Crippen molar-refractivity contribution < 1.29 is 28.5 Å². The third-order valence-electron chi connectivity index (χ3n) is 6.46. The third-order valence-corrected chi connectivity index (χ3v) is 6.46. The minimum absolute atomic E-state index is 0.0474. The van der Waals surface area contributed by atoms with Crippen molar-refractivity contribution in [1.29, 1.82) is 0 Å². The van der Waals surface area contributed by atoms with E-state index >= 15 is 0 Å². The summed E-state index contributed by atoms with van der Waals surface area (Å²) in [5.74, 6) is -1.14. The molecule has 3 aliphatic rings. The fourth-order valence-corrected chi connectivity index (χ4v) is 4.97. The van der Waals surface area contributed by atoms with Gasteiger partial charge in [-0.1, -0.05) is 51.1 Å². The van der Waals surface area contributed by atoms with Crippen LogP contribution in [0.2, 0.25) is 0 Å². The summed E-state index contributed by atoms with van der Waals surface area (Å²) in [7, 11) is 1.33. The lowest BCUT2D eigenvalue weighted by Gasteiger charge is -2.41. The van der Waals surface area contributed by atoms with Gasteiger partial charge in [0.25, 0.3) is 0 Å². The molecule has 3 saturated heterocycles. The van der Waals surface area contributed by atoms with Crippen LogP contribution < -0.4 is 0 Å². The molecule has 7 nitrogen and oxygen atoms in total. The molecule has 1 unspecified atom stereocenters. The summed E-state index contributed by atoms with van der Waals surface area (Å²) in [4.78, 5) is 28.1. The summed E-state index contributed by atoms with van der Waals surface area (Å²) < 4.78 is 23.4. The Hall–Kier alpha value is -1.96. The van der Waals surface area contributed by atoms with Crippen LogP contribution in [-0.4, -0.2) is 54.2 Å². The van der Waals surface area contributed by atoms with E-state index in [0.717, 1.165) is 5.56 Å². The van der Waals surface area contributed by atoms with Crippen LogP contribution in [0, 0.1) is 11.3 Å². The van der Waals surface area contributed by atoms with Crippen molar-refractivity contribution in [3.63, 3.8) is 0 Å². The fraction of sp³-hybridized carbons (Fsp3) is 0.636. The predicted molar refractivity (Wildman–Crippen MR) is 103 cm³/mol. The minimum atomic E-state index is -1.31. The van der Waals surface area contributed by atoms with E-state index in [9.17, 15) is 9.59 Å². The van der Waals surface area contributed by atoms with E-state index in [1.807, 2.05) is 58.0 Å². The number of fused-ring (bicyclic) bond motifs is 3. The van der Waals surface area contributed by atoms with Crippen molar-refractivity contribution in [3.05, 3.63) is 35.9 Å². The number of esters is 1. The number of hydrogen-bond acceptors (Lipinski definition) is 6. The molecule has 29 heavy (non-hydrogen) atoms. The highest BCUT2D eigenvalue weighted by molar-refractivity contribution is 5.97. The van der Waals surface area contributed by atoms with Gasteiger partial charge in [0.05, 0.1) is 26.2 Å². The molecule has 0 spiro atoms. The molecular weight excluding hydrogens is 374 g/mol. The molecule has 1 aromatic rings. The van der Waals surface area contributed by atoms with Crippen LogP contribution in [0.15, 0.2) is 30.3 Å². The molecule has 0 N–H and O–H groups in total. The number of rotatable bonds is 4. The largest absolute Gasteiger partial charge is 0.467 e. The Bertz CT molecular complexity index is 805. The van der Waals surface area contributed by atoms with Gasteiger partial charge in [0, 0.05) is 11.8 Å². The molecule has 7 heteroatoms. The smallest absolute Gasteiger partial charge is 0.337 e. The molecule has 4 rings (SSSR count). The minimum Gasteiger partial charge on any atom is -0.467 e. The van der Waals surface area contributed by atoms with E-state index in [2.05, 4.69) is 0 Å². The Balaban J connectivity index is 1.63. The molecule has 0 aromatic heterocycles. The number of benzene rings is 1. The first-order chi connectivity index (χ1) is 13.6. The van der Waals surface area contributed by atoms with Gasteiger partial charge in [0.1, 0.15) is 11.8 Å². The lowest BCUT2D eigenvalue weighted by Crippen LogP contribution is -2.64. The van der Waals surface area contributed by atoms with Gasteiger partial charge in [0.15, 0.2) is 11.8 Å². The first kappa shape index (κ1) is 20.3. The molecule has 1 amide bonds. The molecule has 0 radical (unpaired) electrons. The normalized spacial score (nSPS) is 36.2. The maximum absolute atomic E-state index is 13.5. The topological polar surface area (TPSA) is 74.3 Å². The van der Waals surface area contributed by atoms with E-state index < -0.39 is 35.5 Å². The van der Waals surface area contributed by atoms with Crippen LogP contribution in [0.4, 0.5) is 0 Å². The standard InChI is InChI=1S/C22H29NO6/c1-20(2,3)18-23-17(24)15-11-16(27-12-14-9-7-6-8-10-14)29-21(15,4)22(23,13-28-18)19(25)26-5/h6-10,15-16,18H,11-13H2,1-5H3/t15-,16?,18-,21-,22+/m0/s1. The summed E-state index contributed by atoms with van der Waals surface area (Å²) >= 11 is 0.